The number of carbonyl (C=O) groups excluding carboxylic acids is 4. The second kappa shape index (κ2) is 17.6. The van der Waals surface area contributed by atoms with Crippen LogP contribution in [0.15, 0.2) is 86.0 Å². The number of hydrogen-bond donors (Lipinski definition) is 2. The van der Waals surface area contributed by atoms with Gasteiger partial charge in [-0.15, -0.1) is 13.2 Å². The van der Waals surface area contributed by atoms with Crippen LogP contribution in [0.1, 0.15) is 62.7 Å². The number of nitrogens with one attached hydrogen (secondary N) is 1. The molecule has 3 heterocycles. The molecular weight excluding hydrogens is 714 g/mol. The molecule has 1 spiro atoms. The van der Waals surface area contributed by atoms with E-state index in [2.05, 4.69) is 41.3 Å². The summed E-state index contributed by atoms with van der Waals surface area (Å²) in [5.74, 6) is -3.57. The standard InChI is InChI=1S/C40H50BrN3O7/c1-4-7-15-22-43(21-6-3)38(48)36-40-24-30(41)35(51-40)33(34(40)37(47)44(36)29(26-45)23-27-16-11-9-12-17-27)39(49)50-31(28-18-13-10-14-19-28)25-42-32(46)20-8-5-2/h5-6,9-14,16-19,29-31,33-36,45H,2-4,7-8,15,20-26H2,1H3,(H,42,46)/t29-,30?,31+,33+,34-,35+,36+,40-/m1/s1. The number of benzene rings is 2. The maximum absolute atomic E-state index is 14.9. The summed E-state index contributed by atoms with van der Waals surface area (Å²) in [6.07, 6.45) is 5.88. The van der Waals surface area contributed by atoms with Crippen molar-refractivity contribution in [2.75, 3.05) is 26.2 Å². The summed E-state index contributed by atoms with van der Waals surface area (Å²) < 4.78 is 12.9. The lowest BCUT2D eigenvalue weighted by molar-refractivity contribution is -0.161. The summed E-state index contributed by atoms with van der Waals surface area (Å²) in [6.45, 7) is 10.1. The van der Waals surface area contributed by atoms with E-state index in [1.165, 1.54) is 4.90 Å². The molecule has 51 heavy (non-hydrogen) atoms. The zero-order valence-electron chi connectivity index (χ0n) is 29.3. The predicted octanol–water partition coefficient (Wildman–Crippen LogP) is 4.91. The molecule has 0 aromatic heterocycles. The first-order valence-corrected chi connectivity index (χ1v) is 18.9. The number of ether oxygens (including phenoxy) is 2. The molecule has 2 N–H and O–H groups in total. The number of esters is 1. The van der Waals surface area contributed by atoms with Crippen molar-refractivity contribution < 1.29 is 33.8 Å². The third-order valence-electron chi connectivity index (χ3n) is 10.3. The lowest BCUT2D eigenvalue weighted by atomic mass is 9.70. The number of allylic oxidation sites excluding steroid dienone is 1. The number of likely N-dealkylation sites (tertiary alicyclic amines) is 1. The van der Waals surface area contributed by atoms with Gasteiger partial charge < -0.3 is 29.7 Å². The summed E-state index contributed by atoms with van der Waals surface area (Å²) >= 11 is 3.75. The molecule has 1 unspecified atom stereocenters. The van der Waals surface area contributed by atoms with E-state index < -0.39 is 53.6 Å². The number of nitrogens with zero attached hydrogens (tertiary/aromatic N) is 2. The SMILES string of the molecule is C=CCCC(=O)NC[C@H](OC(=O)[C@@H]1[C@H]2O[C@@]3(CC2Br)[C@H](C(=O)N(CC=C)CCCCC)N([C@@H](CO)Cc2ccccc2)C(=O)[C@@H]13)c1ccccc1. The highest BCUT2D eigenvalue weighted by molar-refractivity contribution is 9.09. The Hall–Kier alpha value is -3.80. The zero-order chi connectivity index (χ0) is 36.5. The summed E-state index contributed by atoms with van der Waals surface area (Å²) in [5, 5.41) is 13.7. The number of alkyl halides is 1. The van der Waals surface area contributed by atoms with Crippen LogP contribution in [0.5, 0.6) is 0 Å². The fourth-order valence-corrected chi connectivity index (χ4v) is 8.90. The van der Waals surface area contributed by atoms with Gasteiger partial charge in [0, 0.05) is 24.3 Å². The van der Waals surface area contributed by atoms with Gasteiger partial charge in [-0.25, -0.2) is 0 Å². The van der Waals surface area contributed by atoms with E-state index in [-0.39, 0.29) is 42.8 Å². The van der Waals surface area contributed by atoms with Crippen LogP contribution >= 0.6 is 15.9 Å². The van der Waals surface area contributed by atoms with E-state index in [9.17, 15) is 24.3 Å². The third kappa shape index (κ3) is 8.16. The van der Waals surface area contributed by atoms with Crippen molar-refractivity contribution in [3.63, 3.8) is 0 Å². The number of fused-ring (bicyclic) bond motifs is 1. The predicted molar refractivity (Wildman–Crippen MR) is 198 cm³/mol. The van der Waals surface area contributed by atoms with Crippen molar-refractivity contribution in [2.24, 2.45) is 11.8 Å². The highest BCUT2D eigenvalue weighted by Gasteiger charge is 2.77. The highest BCUT2D eigenvalue weighted by atomic mass is 79.9. The average molecular weight is 765 g/mol. The second-order valence-electron chi connectivity index (χ2n) is 13.7. The molecule has 2 bridgehead atoms. The summed E-state index contributed by atoms with van der Waals surface area (Å²) in [5.41, 5.74) is 0.259. The molecular formula is C40H50BrN3O7. The Morgan fingerprint density at radius 3 is 2.47 bits per heavy atom. The Labute approximate surface area is 309 Å². The minimum absolute atomic E-state index is 0.0383. The Morgan fingerprint density at radius 1 is 1.12 bits per heavy atom. The van der Waals surface area contributed by atoms with Gasteiger partial charge in [0.05, 0.1) is 37.1 Å². The molecule has 3 aliphatic heterocycles. The van der Waals surface area contributed by atoms with Gasteiger partial charge in [0.1, 0.15) is 17.7 Å². The van der Waals surface area contributed by atoms with Gasteiger partial charge in [0.2, 0.25) is 17.7 Å². The molecule has 0 aliphatic carbocycles. The van der Waals surface area contributed by atoms with Crippen LogP contribution in [0.25, 0.3) is 0 Å². The maximum atomic E-state index is 14.9. The van der Waals surface area contributed by atoms with Crippen molar-refractivity contribution in [1.82, 2.24) is 15.1 Å². The number of amides is 3. The summed E-state index contributed by atoms with van der Waals surface area (Å²) in [7, 11) is 0. The smallest absolute Gasteiger partial charge is 0.313 e. The molecule has 3 saturated heterocycles. The van der Waals surface area contributed by atoms with E-state index in [1.54, 1.807) is 17.1 Å². The van der Waals surface area contributed by atoms with E-state index in [1.807, 2.05) is 60.7 Å². The molecule has 274 valence electrons. The first kappa shape index (κ1) is 38.4. The van der Waals surface area contributed by atoms with Crippen molar-refractivity contribution >= 4 is 39.6 Å². The van der Waals surface area contributed by atoms with E-state index in [4.69, 9.17) is 9.47 Å². The van der Waals surface area contributed by atoms with Crippen LogP contribution in [-0.2, 0) is 35.1 Å². The minimum atomic E-state index is -1.33. The van der Waals surface area contributed by atoms with Gasteiger partial charge in [-0.2, -0.15) is 0 Å². The van der Waals surface area contributed by atoms with E-state index >= 15 is 0 Å². The van der Waals surface area contributed by atoms with E-state index in [0.717, 1.165) is 24.8 Å². The Balaban J connectivity index is 1.50. The molecule has 11 heteroatoms. The van der Waals surface area contributed by atoms with Gasteiger partial charge >= 0.3 is 5.97 Å². The molecule has 8 atom stereocenters. The number of rotatable bonds is 19. The van der Waals surface area contributed by atoms with Gasteiger partial charge in [0.25, 0.3) is 0 Å². The third-order valence-corrected chi connectivity index (χ3v) is 11.2. The van der Waals surface area contributed by atoms with Crippen LogP contribution in [-0.4, -0.2) is 93.5 Å². The van der Waals surface area contributed by atoms with Crippen LogP contribution < -0.4 is 5.32 Å². The number of halogens is 1. The second-order valence-corrected chi connectivity index (χ2v) is 14.9. The van der Waals surface area contributed by atoms with Crippen molar-refractivity contribution in [3.8, 4) is 0 Å². The summed E-state index contributed by atoms with van der Waals surface area (Å²) in [4.78, 5) is 59.5. The van der Waals surface area contributed by atoms with Gasteiger partial charge in [-0.05, 0) is 36.8 Å². The van der Waals surface area contributed by atoms with Crippen LogP contribution in [0.3, 0.4) is 0 Å². The maximum Gasteiger partial charge on any atom is 0.313 e. The molecule has 0 saturated carbocycles. The number of carbonyl (C=O) groups is 4. The molecule has 2 aromatic carbocycles. The Bertz CT molecular complexity index is 1540. The largest absolute Gasteiger partial charge is 0.455 e. The number of aliphatic hydroxyl groups is 1. The van der Waals surface area contributed by atoms with Crippen molar-refractivity contribution in [2.45, 2.75) is 86.6 Å². The normalized spacial score (nSPS) is 25.9. The monoisotopic (exact) mass is 763 g/mol. The fourth-order valence-electron chi connectivity index (χ4n) is 7.96. The zero-order valence-corrected chi connectivity index (χ0v) is 30.9. The molecule has 5 rings (SSSR count). The van der Waals surface area contributed by atoms with Crippen LogP contribution in [0.2, 0.25) is 0 Å². The first-order chi connectivity index (χ1) is 24.7. The minimum Gasteiger partial charge on any atom is -0.455 e. The first-order valence-electron chi connectivity index (χ1n) is 18.0. The van der Waals surface area contributed by atoms with Crippen LogP contribution in [0.4, 0.5) is 0 Å². The number of unbranched alkanes of at least 4 members (excludes halogenated alkanes) is 2. The molecule has 0 radical (unpaired) electrons. The molecule has 3 aliphatic rings. The summed E-state index contributed by atoms with van der Waals surface area (Å²) in [6, 6.07) is 16.8. The quantitative estimate of drug-likeness (QED) is 0.0902. The Kier molecular flexibility index (Phi) is 13.3. The van der Waals surface area contributed by atoms with Crippen LogP contribution in [0, 0.1) is 11.8 Å². The van der Waals surface area contributed by atoms with Gasteiger partial charge in [-0.3, -0.25) is 19.2 Å². The molecule has 3 fully saturated rings. The lowest BCUT2D eigenvalue weighted by Gasteiger charge is -2.39. The van der Waals surface area contributed by atoms with E-state index in [0.29, 0.717) is 31.4 Å². The molecule has 3 amide bonds. The lowest BCUT2D eigenvalue weighted by Crippen LogP contribution is -2.59. The highest BCUT2D eigenvalue weighted by Crippen LogP contribution is 2.61. The molecule has 2 aromatic rings. The number of hydrogen-bond acceptors (Lipinski definition) is 7. The number of aliphatic hydroxyl groups excluding tert-OH is 1. The van der Waals surface area contributed by atoms with Crippen molar-refractivity contribution in [3.05, 3.63) is 97.1 Å². The fraction of sp³-hybridized carbons (Fsp3) is 0.500. The van der Waals surface area contributed by atoms with Gasteiger partial charge in [0.15, 0.2) is 0 Å². The molecule has 10 nitrogen and oxygen atoms in total. The topological polar surface area (TPSA) is 125 Å². The van der Waals surface area contributed by atoms with Crippen molar-refractivity contribution in [1.29, 1.82) is 0 Å². The average Bonchev–Trinajstić information content (AvgIpc) is 3.74. The van der Waals surface area contributed by atoms with Gasteiger partial charge in [-0.1, -0.05) is 109 Å². The Morgan fingerprint density at radius 2 is 1.82 bits per heavy atom.